The van der Waals surface area contributed by atoms with E-state index in [2.05, 4.69) is 15.4 Å². The van der Waals surface area contributed by atoms with E-state index in [1.165, 1.54) is 6.07 Å². The highest BCUT2D eigenvalue weighted by Crippen LogP contribution is 2.14. The minimum Gasteiger partial charge on any atom is -0.478 e. The van der Waals surface area contributed by atoms with Gasteiger partial charge in [0.05, 0.1) is 23.8 Å². The van der Waals surface area contributed by atoms with Gasteiger partial charge in [-0.15, -0.1) is 5.10 Å². The Morgan fingerprint density at radius 2 is 2.26 bits per heavy atom. The van der Waals surface area contributed by atoms with Crippen LogP contribution in [0, 0.1) is 0 Å². The van der Waals surface area contributed by atoms with Crippen LogP contribution in [0.5, 0.6) is 0 Å². The van der Waals surface area contributed by atoms with Gasteiger partial charge < -0.3 is 5.11 Å². The highest BCUT2D eigenvalue weighted by Gasteiger charge is 2.09. The fourth-order valence-corrected chi connectivity index (χ4v) is 1.95. The summed E-state index contributed by atoms with van der Waals surface area (Å²) in [5.74, 6) is -0.969. The topological polar surface area (TPSA) is 85.8 Å². The zero-order chi connectivity index (χ0) is 13.4. The van der Waals surface area contributed by atoms with E-state index >= 15 is 0 Å². The molecule has 7 nitrogen and oxygen atoms in total. The Balaban J connectivity index is 1.99. The molecule has 0 unspecified atom stereocenters. The van der Waals surface area contributed by atoms with Crippen molar-refractivity contribution < 1.29 is 9.90 Å². The fraction of sp³-hybridized carbons (Fsp3) is 0.167. The Bertz CT molecular complexity index is 758. The molecule has 3 aromatic rings. The molecule has 0 bridgehead atoms. The molecule has 7 heteroatoms. The normalized spacial score (nSPS) is 11.0. The molecule has 0 fully saturated rings. The van der Waals surface area contributed by atoms with Gasteiger partial charge in [0.2, 0.25) is 0 Å². The van der Waals surface area contributed by atoms with E-state index in [-0.39, 0.29) is 5.56 Å². The summed E-state index contributed by atoms with van der Waals surface area (Å²) >= 11 is 0. The van der Waals surface area contributed by atoms with Gasteiger partial charge >= 0.3 is 5.97 Å². The predicted octanol–water partition coefficient (Wildman–Crippen LogP) is 0.911. The van der Waals surface area contributed by atoms with Crippen LogP contribution in [0.3, 0.4) is 0 Å². The van der Waals surface area contributed by atoms with Crippen LogP contribution in [-0.2, 0) is 13.6 Å². The molecule has 2 heterocycles. The first-order chi connectivity index (χ1) is 9.13. The van der Waals surface area contributed by atoms with Crippen molar-refractivity contribution >= 4 is 17.0 Å². The number of hydrogen-bond donors (Lipinski definition) is 1. The van der Waals surface area contributed by atoms with Crippen LogP contribution in [0.15, 0.2) is 30.6 Å². The lowest BCUT2D eigenvalue weighted by atomic mass is 10.2. The van der Waals surface area contributed by atoms with E-state index < -0.39 is 5.97 Å². The van der Waals surface area contributed by atoms with Gasteiger partial charge in [0.25, 0.3) is 0 Å². The third-order valence-electron chi connectivity index (χ3n) is 2.85. The molecule has 0 aliphatic rings. The summed E-state index contributed by atoms with van der Waals surface area (Å²) in [6.07, 6.45) is 3.66. The maximum Gasteiger partial charge on any atom is 0.335 e. The van der Waals surface area contributed by atoms with Crippen molar-refractivity contribution in [2.45, 2.75) is 6.54 Å². The fourth-order valence-electron chi connectivity index (χ4n) is 1.95. The number of carboxylic acids is 1. The average Bonchev–Trinajstić information content (AvgIpc) is 2.96. The number of hydrogen-bond acceptors (Lipinski definition) is 4. The van der Waals surface area contributed by atoms with E-state index in [0.29, 0.717) is 12.1 Å². The molecule has 1 N–H and O–H groups in total. The monoisotopic (exact) mass is 257 g/mol. The van der Waals surface area contributed by atoms with Crippen LogP contribution in [0.2, 0.25) is 0 Å². The van der Waals surface area contributed by atoms with Gasteiger partial charge in [0, 0.05) is 18.8 Å². The summed E-state index contributed by atoms with van der Waals surface area (Å²) in [5.41, 5.74) is 2.59. The van der Waals surface area contributed by atoms with Crippen LogP contribution in [0.25, 0.3) is 11.0 Å². The number of benzene rings is 1. The molecule has 0 spiro atoms. The SMILES string of the molecule is Cn1cc(Cn2nnc3cc(C(=O)O)ccc32)cn1. The van der Waals surface area contributed by atoms with Crippen molar-refractivity contribution in [1.29, 1.82) is 0 Å². The lowest BCUT2D eigenvalue weighted by Gasteiger charge is -1.99. The second-order valence-corrected chi connectivity index (χ2v) is 4.28. The number of carboxylic acid groups (broad SMARTS) is 1. The Morgan fingerprint density at radius 1 is 1.42 bits per heavy atom. The van der Waals surface area contributed by atoms with Crippen molar-refractivity contribution in [2.24, 2.45) is 7.05 Å². The first-order valence-corrected chi connectivity index (χ1v) is 5.67. The number of aryl methyl sites for hydroxylation is 1. The predicted molar refractivity (Wildman–Crippen MR) is 66.8 cm³/mol. The lowest BCUT2D eigenvalue weighted by Crippen LogP contribution is -2.01. The lowest BCUT2D eigenvalue weighted by molar-refractivity contribution is 0.0697. The van der Waals surface area contributed by atoms with Crippen LogP contribution in [-0.4, -0.2) is 35.9 Å². The molecule has 0 atom stereocenters. The molecule has 3 rings (SSSR count). The first kappa shape index (κ1) is 11.4. The van der Waals surface area contributed by atoms with Gasteiger partial charge in [-0.25, -0.2) is 9.48 Å². The summed E-state index contributed by atoms with van der Waals surface area (Å²) in [4.78, 5) is 10.9. The summed E-state index contributed by atoms with van der Waals surface area (Å²) in [6, 6.07) is 4.79. The third-order valence-corrected chi connectivity index (χ3v) is 2.85. The van der Waals surface area contributed by atoms with Crippen LogP contribution < -0.4 is 0 Å². The van der Waals surface area contributed by atoms with Crippen molar-refractivity contribution in [3.8, 4) is 0 Å². The van der Waals surface area contributed by atoms with Crippen LogP contribution in [0.4, 0.5) is 0 Å². The highest BCUT2D eigenvalue weighted by atomic mass is 16.4. The highest BCUT2D eigenvalue weighted by molar-refractivity contribution is 5.92. The van der Waals surface area contributed by atoms with Gasteiger partial charge in [0.1, 0.15) is 5.52 Å². The molecule has 0 aliphatic heterocycles. The number of rotatable bonds is 3. The van der Waals surface area contributed by atoms with Crippen LogP contribution in [0.1, 0.15) is 15.9 Å². The summed E-state index contributed by atoms with van der Waals surface area (Å²) < 4.78 is 3.44. The zero-order valence-corrected chi connectivity index (χ0v) is 10.2. The van der Waals surface area contributed by atoms with E-state index in [0.717, 1.165) is 11.1 Å². The van der Waals surface area contributed by atoms with E-state index in [1.54, 1.807) is 27.7 Å². The van der Waals surface area contributed by atoms with Gasteiger partial charge in [-0.3, -0.25) is 4.68 Å². The summed E-state index contributed by atoms with van der Waals surface area (Å²) in [6.45, 7) is 0.552. The average molecular weight is 257 g/mol. The first-order valence-electron chi connectivity index (χ1n) is 5.67. The quantitative estimate of drug-likeness (QED) is 0.753. The second kappa shape index (κ2) is 4.20. The van der Waals surface area contributed by atoms with Gasteiger partial charge in [-0.2, -0.15) is 5.10 Å². The summed E-state index contributed by atoms with van der Waals surface area (Å²) in [7, 11) is 1.85. The number of aromatic nitrogens is 5. The van der Waals surface area contributed by atoms with E-state index in [1.807, 2.05) is 13.2 Å². The minimum atomic E-state index is -0.969. The largest absolute Gasteiger partial charge is 0.478 e. The van der Waals surface area contributed by atoms with Crippen LogP contribution >= 0.6 is 0 Å². The molecule has 0 aliphatic carbocycles. The van der Waals surface area contributed by atoms with E-state index in [4.69, 9.17) is 5.11 Å². The standard InChI is InChI=1S/C12H11N5O2/c1-16-6-8(5-13-16)7-17-11-3-2-9(12(18)19)4-10(11)14-15-17/h2-6H,7H2,1H3,(H,18,19). The van der Waals surface area contributed by atoms with Crippen molar-refractivity contribution in [3.63, 3.8) is 0 Å². The molecule has 2 aromatic heterocycles. The maximum absolute atomic E-state index is 10.9. The van der Waals surface area contributed by atoms with Gasteiger partial charge in [-0.1, -0.05) is 5.21 Å². The molecule has 0 amide bonds. The Morgan fingerprint density at radius 3 is 2.95 bits per heavy atom. The number of nitrogens with zero attached hydrogens (tertiary/aromatic N) is 5. The van der Waals surface area contributed by atoms with Crippen molar-refractivity contribution in [3.05, 3.63) is 41.7 Å². The van der Waals surface area contributed by atoms with E-state index in [9.17, 15) is 4.79 Å². The van der Waals surface area contributed by atoms with Gasteiger partial charge in [0.15, 0.2) is 0 Å². The number of aromatic carboxylic acids is 1. The molecule has 1 aromatic carbocycles. The van der Waals surface area contributed by atoms with Gasteiger partial charge in [-0.05, 0) is 18.2 Å². The molecule has 19 heavy (non-hydrogen) atoms. The molecule has 0 saturated carbocycles. The molecule has 0 saturated heterocycles. The van der Waals surface area contributed by atoms with Crippen molar-refractivity contribution in [2.75, 3.05) is 0 Å². The molecule has 0 radical (unpaired) electrons. The Labute approximate surface area is 108 Å². The summed E-state index contributed by atoms with van der Waals surface area (Å²) in [5, 5.41) is 21.0. The molecular formula is C12H11N5O2. The minimum absolute atomic E-state index is 0.209. The maximum atomic E-state index is 10.9. The Hall–Kier alpha value is -2.70. The van der Waals surface area contributed by atoms with Crippen molar-refractivity contribution in [1.82, 2.24) is 24.8 Å². The number of fused-ring (bicyclic) bond motifs is 1. The molecular weight excluding hydrogens is 246 g/mol. The second-order valence-electron chi connectivity index (χ2n) is 4.28. The third kappa shape index (κ3) is 2.05. The Kier molecular flexibility index (Phi) is 2.52. The zero-order valence-electron chi connectivity index (χ0n) is 10.2. The smallest absolute Gasteiger partial charge is 0.335 e. The molecule has 96 valence electrons. The number of carbonyl (C=O) groups is 1.